The van der Waals surface area contributed by atoms with Crippen LogP contribution in [-0.4, -0.2) is 30.6 Å². The van der Waals surface area contributed by atoms with E-state index < -0.39 is 0 Å². The first-order valence-electron chi connectivity index (χ1n) is 9.29. The van der Waals surface area contributed by atoms with E-state index in [1.807, 2.05) is 0 Å². The molecule has 0 radical (unpaired) electrons. The molecule has 1 N–H and O–H groups in total. The minimum Gasteiger partial charge on any atom is -0.314 e. The van der Waals surface area contributed by atoms with Gasteiger partial charge in [0.15, 0.2) is 0 Å². The number of likely N-dealkylation sites (tertiary alicyclic amines) is 1. The molecule has 22 heavy (non-hydrogen) atoms. The zero-order valence-electron chi connectivity index (χ0n) is 14.4. The van der Waals surface area contributed by atoms with Crippen molar-refractivity contribution < 1.29 is 0 Å². The van der Waals surface area contributed by atoms with Crippen molar-refractivity contribution in [3.63, 3.8) is 0 Å². The van der Waals surface area contributed by atoms with E-state index in [2.05, 4.69) is 48.3 Å². The van der Waals surface area contributed by atoms with Crippen molar-refractivity contribution in [2.45, 2.75) is 64.5 Å². The predicted octanol–water partition coefficient (Wildman–Crippen LogP) is 4.16. The van der Waals surface area contributed by atoms with Crippen molar-refractivity contribution in [3.05, 3.63) is 35.4 Å². The van der Waals surface area contributed by atoms with Gasteiger partial charge in [0.2, 0.25) is 0 Å². The summed E-state index contributed by atoms with van der Waals surface area (Å²) in [7, 11) is 0. The minimum atomic E-state index is 0.682. The van der Waals surface area contributed by atoms with Crippen molar-refractivity contribution in [3.8, 4) is 0 Å². The van der Waals surface area contributed by atoms with E-state index in [9.17, 15) is 0 Å². The van der Waals surface area contributed by atoms with Crippen LogP contribution in [0.15, 0.2) is 24.3 Å². The fraction of sp³-hybridized carbons (Fsp3) is 0.700. The highest BCUT2D eigenvalue weighted by Crippen LogP contribution is 2.35. The van der Waals surface area contributed by atoms with Gasteiger partial charge in [0.25, 0.3) is 0 Å². The molecule has 2 heteroatoms. The number of nitrogens with one attached hydrogen (secondary N) is 1. The summed E-state index contributed by atoms with van der Waals surface area (Å²) in [5.41, 5.74) is 3.20. The number of fused-ring (bicyclic) bond motifs is 1. The Labute approximate surface area is 136 Å². The average Bonchev–Trinajstić information content (AvgIpc) is 2.55. The molecule has 1 fully saturated rings. The summed E-state index contributed by atoms with van der Waals surface area (Å²) >= 11 is 0. The lowest BCUT2D eigenvalue weighted by Gasteiger charge is -2.40. The summed E-state index contributed by atoms with van der Waals surface area (Å²) < 4.78 is 0. The molecule has 2 nitrogen and oxygen atoms in total. The summed E-state index contributed by atoms with van der Waals surface area (Å²) in [4.78, 5) is 2.75. The summed E-state index contributed by atoms with van der Waals surface area (Å²) in [6.07, 6.45) is 7.92. The minimum absolute atomic E-state index is 0.682. The largest absolute Gasteiger partial charge is 0.314 e. The van der Waals surface area contributed by atoms with E-state index in [0.29, 0.717) is 6.04 Å². The second-order valence-corrected chi connectivity index (χ2v) is 7.55. The number of benzene rings is 1. The van der Waals surface area contributed by atoms with Crippen molar-refractivity contribution in [1.29, 1.82) is 0 Å². The molecule has 1 aliphatic carbocycles. The Balaban J connectivity index is 1.52. The van der Waals surface area contributed by atoms with E-state index in [4.69, 9.17) is 0 Å². The van der Waals surface area contributed by atoms with Crippen LogP contribution < -0.4 is 5.32 Å². The summed E-state index contributed by atoms with van der Waals surface area (Å²) in [5, 5.41) is 3.77. The molecule has 0 amide bonds. The van der Waals surface area contributed by atoms with Gasteiger partial charge in [-0.2, -0.15) is 0 Å². The Bertz CT molecular complexity index is 461. The van der Waals surface area contributed by atoms with Gasteiger partial charge in [-0.25, -0.2) is 0 Å². The van der Waals surface area contributed by atoms with Crippen LogP contribution in [0.3, 0.4) is 0 Å². The maximum Gasteiger partial charge on any atom is 0.0350 e. The molecule has 1 heterocycles. The SMILES string of the molecule is CC(C)CCNC1CCN(C2CCCc3ccccc32)CC1. The van der Waals surface area contributed by atoms with Crippen LogP contribution in [0, 0.1) is 5.92 Å². The first kappa shape index (κ1) is 16.0. The van der Waals surface area contributed by atoms with Gasteiger partial charge < -0.3 is 5.32 Å². The summed E-state index contributed by atoms with van der Waals surface area (Å²) in [6, 6.07) is 10.5. The molecule has 1 unspecified atom stereocenters. The average molecular weight is 300 g/mol. The Kier molecular flexibility index (Phi) is 5.54. The third-order valence-electron chi connectivity index (χ3n) is 5.46. The van der Waals surface area contributed by atoms with Gasteiger partial charge in [0, 0.05) is 25.2 Å². The van der Waals surface area contributed by atoms with E-state index >= 15 is 0 Å². The second-order valence-electron chi connectivity index (χ2n) is 7.55. The highest BCUT2D eigenvalue weighted by molar-refractivity contribution is 5.32. The van der Waals surface area contributed by atoms with Crippen LogP contribution >= 0.6 is 0 Å². The molecule has 0 spiro atoms. The molecule has 1 aliphatic heterocycles. The fourth-order valence-corrected chi connectivity index (χ4v) is 4.10. The lowest BCUT2D eigenvalue weighted by Crippen LogP contribution is -2.44. The van der Waals surface area contributed by atoms with Crippen molar-refractivity contribution in [2.75, 3.05) is 19.6 Å². The number of aryl methyl sites for hydroxylation is 1. The zero-order chi connectivity index (χ0) is 15.4. The molecular weight excluding hydrogens is 268 g/mol. The van der Waals surface area contributed by atoms with Gasteiger partial charge >= 0.3 is 0 Å². The van der Waals surface area contributed by atoms with Gasteiger partial charge in [-0.3, -0.25) is 4.90 Å². The van der Waals surface area contributed by atoms with E-state index in [-0.39, 0.29) is 0 Å². The number of nitrogens with zero attached hydrogens (tertiary/aromatic N) is 1. The standard InChI is InChI=1S/C20H32N2/c1-16(2)10-13-21-18-11-14-22(15-12-18)20-9-5-7-17-6-3-4-8-19(17)20/h3-4,6,8,16,18,20-21H,5,7,9-15H2,1-2H3. The predicted molar refractivity (Wildman–Crippen MR) is 94.2 cm³/mol. The summed E-state index contributed by atoms with van der Waals surface area (Å²) in [5.74, 6) is 0.811. The Morgan fingerprint density at radius 1 is 1.14 bits per heavy atom. The first-order valence-corrected chi connectivity index (χ1v) is 9.29. The topological polar surface area (TPSA) is 15.3 Å². The number of rotatable bonds is 5. The number of hydrogen-bond donors (Lipinski definition) is 1. The molecule has 122 valence electrons. The number of piperidine rings is 1. The normalized spacial score (nSPS) is 23.7. The molecule has 1 aromatic carbocycles. The van der Waals surface area contributed by atoms with Crippen LogP contribution in [0.1, 0.15) is 63.1 Å². The van der Waals surface area contributed by atoms with Gasteiger partial charge in [0.05, 0.1) is 0 Å². The summed E-state index contributed by atoms with van der Waals surface area (Å²) in [6.45, 7) is 8.33. The highest BCUT2D eigenvalue weighted by Gasteiger charge is 2.28. The quantitative estimate of drug-likeness (QED) is 0.878. The Hall–Kier alpha value is -0.860. The Morgan fingerprint density at radius 3 is 2.68 bits per heavy atom. The van der Waals surface area contributed by atoms with E-state index in [1.54, 1.807) is 11.1 Å². The molecule has 0 saturated carbocycles. The van der Waals surface area contributed by atoms with Crippen LogP contribution in [-0.2, 0) is 6.42 Å². The molecule has 2 aliphatic rings. The third-order valence-corrected chi connectivity index (χ3v) is 5.46. The molecule has 0 bridgehead atoms. The second kappa shape index (κ2) is 7.61. The maximum atomic E-state index is 3.77. The molecular formula is C20H32N2. The number of hydrogen-bond acceptors (Lipinski definition) is 2. The van der Waals surface area contributed by atoms with Crippen LogP contribution in [0.2, 0.25) is 0 Å². The first-order chi connectivity index (χ1) is 10.7. The molecule has 0 aromatic heterocycles. The molecule has 1 aromatic rings. The fourth-order valence-electron chi connectivity index (χ4n) is 4.10. The van der Waals surface area contributed by atoms with Crippen molar-refractivity contribution in [2.24, 2.45) is 5.92 Å². The van der Waals surface area contributed by atoms with Gasteiger partial charge in [-0.15, -0.1) is 0 Å². The molecule has 1 atom stereocenters. The van der Waals surface area contributed by atoms with Crippen molar-refractivity contribution in [1.82, 2.24) is 10.2 Å². The lowest BCUT2D eigenvalue weighted by molar-refractivity contribution is 0.130. The third kappa shape index (κ3) is 3.91. The smallest absolute Gasteiger partial charge is 0.0350 e. The maximum absolute atomic E-state index is 3.77. The highest BCUT2D eigenvalue weighted by atomic mass is 15.2. The van der Waals surface area contributed by atoms with Crippen LogP contribution in [0.25, 0.3) is 0 Å². The monoisotopic (exact) mass is 300 g/mol. The van der Waals surface area contributed by atoms with Crippen molar-refractivity contribution >= 4 is 0 Å². The Morgan fingerprint density at radius 2 is 1.91 bits per heavy atom. The van der Waals surface area contributed by atoms with Crippen LogP contribution in [0.4, 0.5) is 0 Å². The van der Waals surface area contributed by atoms with Crippen LogP contribution in [0.5, 0.6) is 0 Å². The van der Waals surface area contributed by atoms with Gasteiger partial charge in [-0.1, -0.05) is 38.1 Å². The van der Waals surface area contributed by atoms with E-state index in [1.165, 1.54) is 58.2 Å². The molecule has 1 saturated heterocycles. The van der Waals surface area contributed by atoms with E-state index in [0.717, 1.165) is 12.0 Å². The molecule has 3 rings (SSSR count). The zero-order valence-corrected chi connectivity index (χ0v) is 14.4. The van der Waals surface area contributed by atoms with Gasteiger partial charge in [-0.05, 0) is 62.1 Å². The van der Waals surface area contributed by atoms with Gasteiger partial charge in [0.1, 0.15) is 0 Å². The lowest BCUT2D eigenvalue weighted by atomic mass is 9.86.